The van der Waals surface area contributed by atoms with Gasteiger partial charge in [-0.15, -0.1) is 0 Å². The van der Waals surface area contributed by atoms with Gasteiger partial charge in [-0.3, -0.25) is 0 Å². The van der Waals surface area contributed by atoms with Crippen LogP contribution in [0.1, 0.15) is 23.7 Å². The highest BCUT2D eigenvalue weighted by atomic mass is 32.2. The SMILES string of the molecule is CSCCC(C)N(C)S(=O)(=O)c1ccc(C(=O)O)cc1. The zero-order chi connectivity index (χ0) is 15.3. The summed E-state index contributed by atoms with van der Waals surface area (Å²) in [5.41, 5.74) is 0.0713. The van der Waals surface area contributed by atoms with Crippen LogP contribution in [0.25, 0.3) is 0 Å². The molecule has 0 aliphatic heterocycles. The number of carbonyl (C=O) groups is 1. The van der Waals surface area contributed by atoms with Crippen LogP contribution in [0.3, 0.4) is 0 Å². The third kappa shape index (κ3) is 3.97. The molecule has 0 saturated heterocycles. The number of benzene rings is 1. The molecule has 1 aromatic rings. The zero-order valence-corrected chi connectivity index (χ0v) is 13.4. The summed E-state index contributed by atoms with van der Waals surface area (Å²) in [6.45, 7) is 1.86. The third-order valence-electron chi connectivity index (χ3n) is 3.14. The van der Waals surface area contributed by atoms with E-state index in [2.05, 4.69) is 0 Å². The van der Waals surface area contributed by atoms with Crippen LogP contribution in [0.4, 0.5) is 0 Å². The van der Waals surface area contributed by atoms with E-state index in [4.69, 9.17) is 5.11 Å². The van der Waals surface area contributed by atoms with Gasteiger partial charge in [0.05, 0.1) is 10.5 Å². The molecule has 20 heavy (non-hydrogen) atoms. The van der Waals surface area contributed by atoms with Crippen LogP contribution < -0.4 is 0 Å². The topological polar surface area (TPSA) is 74.7 Å². The Morgan fingerprint density at radius 1 is 1.35 bits per heavy atom. The first-order valence-corrected chi connectivity index (χ1v) is 8.94. The van der Waals surface area contributed by atoms with E-state index in [9.17, 15) is 13.2 Å². The van der Waals surface area contributed by atoms with Crippen molar-refractivity contribution in [2.75, 3.05) is 19.1 Å². The minimum Gasteiger partial charge on any atom is -0.478 e. The Morgan fingerprint density at radius 2 is 1.90 bits per heavy atom. The number of hydrogen-bond acceptors (Lipinski definition) is 4. The molecule has 0 saturated carbocycles. The minimum atomic E-state index is -3.58. The Morgan fingerprint density at radius 3 is 2.35 bits per heavy atom. The molecule has 1 rings (SSSR count). The fraction of sp³-hybridized carbons (Fsp3) is 0.462. The van der Waals surface area contributed by atoms with Crippen molar-refractivity contribution in [3.63, 3.8) is 0 Å². The van der Waals surface area contributed by atoms with Crippen molar-refractivity contribution < 1.29 is 18.3 Å². The molecular formula is C13H19NO4S2. The van der Waals surface area contributed by atoms with Gasteiger partial charge < -0.3 is 5.11 Å². The summed E-state index contributed by atoms with van der Waals surface area (Å²) < 4.78 is 26.1. The van der Waals surface area contributed by atoms with Gasteiger partial charge in [-0.2, -0.15) is 16.1 Å². The van der Waals surface area contributed by atoms with E-state index in [1.165, 1.54) is 28.6 Å². The van der Waals surface area contributed by atoms with Crippen LogP contribution in [-0.4, -0.2) is 48.9 Å². The Labute approximate surface area is 124 Å². The lowest BCUT2D eigenvalue weighted by molar-refractivity contribution is 0.0696. The number of nitrogens with zero attached hydrogens (tertiary/aromatic N) is 1. The Hall–Kier alpha value is -1.05. The molecule has 1 aromatic carbocycles. The number of carboxylic acids is 1. The molecule has 0 aliphatic rings. The molecule has 1 unspecified atom stereocenters. The summed E-state index contributed by atoms with van der Waals surface area (Å²) in [6, 6.07) is 5.16. The maximum Gasteiger partial charge on any atom is 0.335 e. The maximum absolute atomic E-state index is 12.4. The smallest absolute Gasteiger partial charge is 0.335 e. The van der Waals surface area contributed by atoms with Gasteiger partial charge in [0.1, 0.15) is 0 Å². The van der Waals surface area contributed by atoms with Gasteiger partial charge in [0.2, 0.25) is 10.0 Å². The molecule has 112 valence electrons. The second-order valence-electron chi connectivity index (χ2n) is 4.48. The summed E-state index contributed by atoms with van der Waals surface area (Å²) in [4.78, 5) is 10.9. The summed E-state index contributed by atoms with van der Waals surface area (Å²) in [6.07, 6.45) is 2.75. The average Bonchev–Trinajstić information content (AvgIpc) is 2.43. The van der Waals surface area contributed by atoms with Crippen molar-refractivity contribution in [3.8, 4) is 0 Å². The highest BCUT2D eigenvalue weighted by molar-refractivity contribution is 7.98. The van der Waals surface area contributed by atoms with Crippen molar-refractivity contribution in [2.45, 2.75) is 24.3 Å². The molecule has 0 radical (unpaired) electrons. The zero-order valence-electron chi connectivity index (χ0n) is 11.7. The molecule has 0 spiro atoms. The van der Waals surface area contributed by atoms with Gasteiger partial charge in [0, 0.05) is 13.1 Å². The van der Waals surface area contributed by atoms with Gasteiger partial charge in [-0.05, 0) is 49.6 Å². The molecule has 0 heterocycles. The van der Waals surface area contributed by atoms with E-state index in [1.54, 1.807) is 18.8 Å². The second-order valence-corrected chi connectivity index (χ2v) is 7.46. The second kappa shape index (κ2) is 7.10. The van der Waals surface area contributed by atoms with Crippen molar-refractivity contribution in [1.29, 1.82) is 0 Å². The van der Waals surface area contributed by atoms with Crippen molar-refractivity contribution in [2.24, 2.45) is 0 Å². The lowest BCUT2D eigenvalue weighted by Gasteiger charge is -2.24. The Bertz CT molecular complexity index is 554. The fourth-order valence-electron chi connectivity index (χ4n) is 1.64. The molecule has 0 bridgehead atoms. The molecule has 5 nitrogen and oxygen atoms in total. The van der Waals surface area contributed by atoms with Crippen LogP contribution in [0, 0.1) is 0 Å². The van der Waals surface area contributed by atoms with Crippen LogP contribution >= 0.6 is 11.8 Å². The summed E-state index contributed by atoms with van der Waals surface area (Å²) in [5, 5.41) is 8.81. The van der Waals surface area contributed by atoms with E-state index < -0.39 is 16.0 Å². The molecule has 7 heteroatoms. The van der Waals surface area contributed by atoms with E-state index in [-0.39, 0.29) is 16.5 Å². The first-order valence-electron chi connectivity index (χ1n) is 6.11. The van der Waals surface area contributed by atoms with Gasteiger partial charge in [0.15, 0.2) is 0 Å². The number of thioether (sulfide) groups is 1. The number of rotatable bonds is 7. The normalized spacial score (nSPS) is 13.4. The number of aromatic carboxylic acids is 1. The Balaban J connectivity index is 2.95. The van der Waals surface area contributed by atoms with Gasteiger partial charge in [0.25, 0.3) is 0 Å². The van der Waals surface area contributed by atoms with E-state index in [0.717, 1.165) is 12.2 Å². The van der Waals surface area contributed by atoms with Gasteiger partial charge in [-0.1, -0.05) is 0 Å². The predicted molar refractivity (Wildman–Crippen MR) is 80.8 cm³/mol. The lowest BCUT2D eigenvalue weighted by Crippen LogP contribution is -2.35. The highest BCUT2D eigenvalue weighted by Gasteiger charge is 2.25. The van der Waals surface area contributed by atoms with Crippen molar-refractivity contribution >= 4 is 27.8 Å². The fourth-order valence-corrected chi connectivity index (χ4v) is 3.61. The largest absolute Gasteiger partial charge is 0.478 e. The van der Waals surface area contributed by atoms with Gasteiger partial charge >= 0.3 is 5.97 Å². The average molecular weight is 317 g/mol. The monoisotopic (exact) mass is 317 g/mol. The first kappa shape index (κ1) is 17.0. The van der Waals surface area contributed by atoms with E-state index in [1.807, 2.05) is 13.2 Å². The quantitative estimate of drug-likeness (QED) is 0.834. The first-order chi connectivity index (χ1) is 9.30. The number of sulfonamides is 1. The van der Waals surface area contributed by atoms with Crippen LogP contribution in [0.5, 0.6) is 0 Å². The molecule has 0 aromatic heterocycles. The number of carboxylic acid groups (broad SMARTS) is 1. The maximum atomic E-state index is 12.4. The molecule has 1 atom stereocenters. The minimum absolute atomic E-state index is 0.0713. The van der Waals surface area contributed by atoms with Gasteiger partial charge in [-0.25, -0.2) is 13.2 Å². The molecule has 0 amide bonds. The predicted octanol–water partition coefficient (Wildman–Crippen LogP) is 2.15. The lowest BCUT2D eigenvalue weighted by atomic mass is 10.2. The molecule has 0 aliphatic carbocycles. The van der Waals surface area contributed by atoms with E-state index >= 15 is 0 Å². The highest BCUT2D eigenvalue weighted by Crippen LogP contribution is 2.19. The van der Waals surface area contributed by atoms with Crippen LogP contribution in [-0.2, 0) is 10.0 Å². The van der Waals surface area contributed by atoms with E-state index in [0.29, 0.717) is 0 Å². The van der Waals surface area contributed by atoms with Crippen molar-refractivity contribution in [3.05, 3.63) is 29.8 Å². The van der Waals surface area contributed by atoms with Crippen LogP contribution in [0.2, 0.25) is 0 Å². The summed E-state index contributed by atoms with van der Waals surface area (Å²) in [5.74, 6) is -0.186. The number of hydrogen-bond donors (Lipinski definition) is 1. The Kier molecular flexibility index (Phi) is 6.04. The summed E-state index contributed by atoms with van der Waals surface area (Å²) >= 11 is 1.67. The van der Waals surface area contributed by atoms with Crippen molar-refractivity contribution in [1.82, 2.24) is 4.31 Å². The van der Waals surface area contributed by atoms with Crippen LogP contribution in [0.15, 0.2) is 29.2 Å². The molecular weight excluding hydrogens is 298 g/mol. The summed E-state index contributed by atoms with van der Waals surface area (Å²) in [7, 11) is -2.03. The molecule has 0 fully saturated rings. The standard InChI is InChI=1S/C13H19NO4S2/c1-10(8-9-19-3)14(2)20(17,18)12-6-4-11(5-7-12)13(15)16/h4-7,10H,8-9H2,1-3H3,(H,15,16). The third-order valence-corrected chi connectivity index (χ3v) is 5.77. The molecule has 1 N–H and O–H groups in total.